The van der Waals surface area contributed by atoms with Gasteiger partial charge in [0.15, 0.2) is 11.5 Å². The number of urea groups is 1. The molecule has 10 heteroatoms. The number of carbonyl (C=O) groups is 3. The molecule has 3 aliphatic rings. The Hall–Kier alpha value is -3.82. The molecule has 0 aliphatic carbocycles. The van der Waals surface area contributed by atoms with E-state index in [1.165, 1.54) is 12.1 Å². The van der Waals surface area contributed by atoms with Gasteiger partial charge in [0.05, 0.1) is 13.0 Å². The fraction of sp³-hybridized carbons (Fsp3) is 0.348. The van der Waals surface area contributed by atoms with Gasteiger partial charge in [-0.25, -0.2) is 9.18 Å². The van der Waals surface area contributed by atoms with E-state index < -0.39 is 18.0 Å². The molecule has 1 N–H and O–H groups in total. The molecule has 33 heavy (non-hydrogen) atoms. The molecular weight excluding hydrogens is 431 g/mol. The molecule has 0 saturated carbocycles. The first kappa shape index (κ1) is 21.0. The molecule has 2 aromatic carbocycles. The van der Waals surface area contributed by atoms with E-state index in [1.807, 2.05) is 0 Å². The second-order valence-electron chi connectivity index (χ2n) is 8.16. The Morgan fingerprint density at radius 2 is 1.73 bits per heavy atom. The summed E-state index contributed by atoms with van der Waals surface area (Å²) >= 11 is 0. The van der Waals surface area contributed by atoms with Crippen LogP contribution in [-0.2, 0) is 16.1 Å². The second-order valence-corrected chi connectivity index (χ2v) is 8.16. The molecule has 172 valence electrons. The number of hydrogen-bond acceptors (Lipinski definition) is 6. The van der Waals surface area contributed by atoms with Gasteiger partial charge in [-0.1, -0.05) is 6.07 Å². The monoisotopic (exact) mass is 454 g/mol. The van der Waals surface area contributed by atoms with Crippen molar-refractivity contribution in [2.75, 3.05) is 37.9 Å². The number of amides is 4. The molecule has 5 rings (SSSR count). The van der Waals surface area contributed by atoms with E-state index in [-0.39, 0.29) is 31.5 Å². The van der Waals surface area contributed by atoms with E-state index in [0.717, 1.165) is 16.2 Å². The fourth-order valence-corrected chi connectivity index (χ4v) is 4.26. The molecule has 2 saturated heterocycles. The lowest BCUT2D eigenvalue weighted by Gasteiger charge is -2.36. The van der Waals surface area contributed by atoms with Gasteiger partial charge in [-0.2, -0.15) is 0 Å². The standard InChI is InChI=1S/C23H23FN4O5/c24-16-2-4-17(5-3-16)26-7-9-27(10-8-26)21(29)12-18-22(30)28(23(31)25-18)13-15-1-6-19-20(11-15)33-14-32-19/h1-6,11,18H,7-10,12-14H2,(H,25,31). The van der Waals surface area contributed by atoms with E-state index in [0.29, 0.717) is 37.7 Å². The number of carbonyl (C=O) groups excluding carboxylic acids is 3. The van der Waals surface area contributed by atoms with Crippen molar-refractivity contribution in [3.63, 3.8) is 0 Å². The van der Waals surface area contributed by atoms with Crippen LogP contribution in [0.3, 0.4) is 0 Å². The third kappa shape index (κ3) is 4.28. The van der Waals surface area contributed by atoms with Crippen LogP contribution in [0.25, 0.3) is 0 Å². The van der Waals surface area contributed by atoms with Gasteiger partial charge in [0.25, 0.3) is 5.91 Å². The Bertz CT molecular complexity index is 1080. The number of anilines is 1. The number of benzene rings is 2. The number of piperazine rings is 1. The molecule has 9 nitrogen and oxygen atoms in total. The molecule has 3 aliphatic heterocycles. The van der Waals surface area contributed by atoms with Crippen molar-refractivity contribution in [1.29, 1.82) is 0 Å². The minimum atomic E-state index is -0.880. The number of fused-ring (bicyclic) bond motifs is 1. The third-order valence-corrected chi connectivity index (χ3v) is 6.09. The maximum absolute atomic E-state index is 13.1. The number of imide groups is 1. The van der Waals surface area contributed by atoms with Crippen LogP contribution in [0.1, 0.15) is 12.0 Å². The van der Waals surface area contributed by atoms with Crippen LogP contribution in [0.2, 0.25) is 0 Å². The van der Waals surface area contributed by atoms with Gasteiger partial charge in [0, 0.05) is 31.9 Å². The van der Waals surface area contributed by atoms with Crippen LogP contribution in [0.4, 0.5) is 14.9 Å². The van der Waals surface area contributed by atoms with E-state index in [4.69, 9.17) is 9.47 Å². The molecule has 1 atom stereocenters. The summed E-state index contributed by atoms with van der Waals surface area (Å²) in [6.07, 6.45) is -0.0846. The summed E-state index contributed by atoms with van der Waals surface area (Å²) in [7, 11) is 0. The molecule has 1 unspecified atom stereocenters. The van der Waals surface area contributed by atoms with Crippen molar-refractivity contribution in [3.8, 4) is 11.5 Å². The topological polar surface area (TPSA) is 91.4 Å². The Labute approximate surface area is 189 Å². The Morgan fingerprint density at radius 3 is 2.48 bits per heavy atom. The SMILES string of the molecule is O=C(CC1NC(=O)N(Cc2ccc3c(c2)OCO3)C1=O)N1CCN(c2ccc(F)cc2)CC1. The number of hydrogen-bond donors (Lipinski definition) is 1. The zero-order chi connectivity index (χ0) is 22.9. The first-order valence-electron chi connectivity index (χ1n) is 10.8. The number of nitrogens with one attached hydrogen (secondary N) is 1. The van der Waals surface area contributed by atoms with Gasteiger partial charge >= 0.3 is 6.03 Å². The molecule has 2 aromatic rings. The fourth-order valence-electron chi connectivity index (χ4n) is 4.26. The average Bonchev–Trinajstić information content (AvgIpc) is 3.39. The summed E-state index contributed by atoms with van der Waals surface area (Å²) in [5.41, 5.74) is 1.63. The third-order valence-electron chi connectivity index (χ3n) is 6.09. The van der Waals surface area contributed by atoms with Gasteiger partial charge in [-0.05, 0) is 42.0 Å². The highest BCUT2D eigenvalue weighted by molar-refractivity contribution is 6.05. The summed E-state index contributed by atoms with van der Waals surface area (Å²) in [4.78, 5) is 42.9. The second kappa shape index (κ2) is 8.61. The minimum absolute atomic E-state index is 0.0846. The lowest BCUT2D eigenvalue weighted by molar-refractivity contribution is -0.136. The first-order chi connectivity index (χ1) is 16.0. The zero-order valence-electron chi connectivity index (χ0n) is 17.8. The molecule has 4 amide bonds. The highest BCUT2D eigenvalue weighted by Crippen LogP contribution is 2.33. The van der Waals surface area contributed by atoms with Gasteiger partial charge in [-0.15, -0.1) is 0 Å². The van der Waals surface area contributed by atoms with E-state index >= 15 is 0 Å². The maximum Gasteiger partial charge on any atom is 0.325 e. The molecule has 0 radical (unpaired) electrons. The van der Waals surface area contributed by atoms with Crippen LogP contribution in [0, 0.1) is 5.82 Å². The van der Waals surface area contributed by atoms with Crippen LogP contribution in [-0.4, -0.2) is 66.7 Å². The Morgan fingerprint density at radius 1 is 1.00 bits per heavy atom. The lowest BCUT2D eigenvalue weighted by Crippen LogP contribution is -2.50. The summed E-state index contributed by atoms with van der Waals surface area (Å²) in [6.45, 7) is 2.43. The predicted molar refractivity (Wildman–Crippen MR) is 115 cm³/mol. The summed E-state index contributed by atoms with van der Waals surface area (Å²) < 4.78 is 23.8. The molecule has 2 fully saturated rings. The molecule has 0 bridgehead atoms. The van der Waals surface area contributed by atoms with Crippen LogP contribution in [0.15, 0.2) is 42.5 Å². The van der Waals surface area contributed by atoms with Crippen molar-refractivity contribution in [2.24, 2.45) is 0 Å². The van der Waals surface area contributed by atoms with E-state index in [1.54, 1.807) is 35.2 Å². The van der Waals surface area contributed by atoms with Crippen molar-refractivity contribution in [1.82, 2.24) is 15.1 Å². The normalized spacial score (nSPS) is 19.8. The first-order valence-corrected chi connectivity index (χ1v) is 10.8. The smallest absolute Gasteiger partial charge is 0.325 e. The summed E-state index contributed by atoms with van der Waals surface area (Å²) in [5, 5.41) is 2.62. The van der Waals surface area contributed by atoms with Gasteiger partial charge in [0.1, 0.15) is 11.9 Å². The predicted octanol–water partition coefficient (Wildman–Crippen LogP) is 1.71. The molecule has 3 heterocycles. The highest BCUT2D eigenvalue weighted by atomic mass is 19.1. The van der Waals surface area contributed by atoms with Crippen molar-refractivity contribution >= 4 is 23.5 Å². The van der Waals surface area contributed by atoms with E-state index in [2.05, 4.69) is 10.2 Å². The summed E-state index contributed by atoms with van der Waals surface area (Å²) in [5.74, 6) is 0.307. The van der Waals surface area contributed by atoms with Crippen molar-refractivity contribution in [2.45, 2.75) is 19.0 Å². The highest BCUT2D eigenvalue weighted by Gasteiger charge is 2.40. The molecule has 0 spiro atoms. The number of nitrogens with zero attached hydrogens (tertiary/aromatic N) is 3. The average molecular weight is 454 g/mol. The largest absolute Gasteiger partial charge is 0.454 e. The van der Waals surface area contributed by atoms with Crippen molar-refractivity contribution < 1.29 is 28.2 Å². The van der Waals surface area contributed by atoms with Crippen LogP contribution in [0.5, 0.6) is 11.5 Å². The molecule has 0 aromatic heterocycles. The van der Waals surface area contributed by atoms with Crippen molar-refractivity contribution in [3.05, 3.63) is 53.8 Å². The van der Waals surface area contributed by atoms with Crippen LogP contribution >= 0.6 is 0 Å². The van der Waals surface area contributed by atoms with Gasteiger partial charge in [0.2, 0.25) is 12.7 Å². The molecular formula is C23H23FN4O5. The van der Waals surface area contributed by atoms with Gasteiger partial charge in [-0.3, -0.25) is 14.5 Å². The summed E-state index contributed by atoms with van der Waals surface area (Å²) in [6, 6.07) is 10.1. The number of halogens is 1. The number of rotatable bonds is 5. The Kier molecular flexibility index (Phi) is 5.49. The maximum atomic E-state index is 13.1. The Balaban J connectivity index is 1.15. The minimum Gasteiger partial charge on any atom is -0.454 e. The van der Waals surface area contributed by atoms with E-state index in [9.17, 15) is 18.8 Å². The van der Waals surface area contributed by atoms with Gasteiger partial charge < -0.3 is 24.6 Å². The van der Waals surface area contributed by atoms with Crippen LogP contribution < -0.4 is 19.7 Å². The number of ether oxygens (including phenoxy) is 2. The quantitative estimate of drug-likeness (QED) is 0.692. The lowest BCUT2D eigenvalue weighted by atomic mass is 10.1. The zero-order valence-corrected chi connectivity index (χ0v) is 17.8.